The van der Waals surface area contributed by atoms with E-state index in [1.807, 2.05) is 11.8 Å². The Balaban J connectivity index is 2.01. The van der Waals surface area contributed by atoms with Crippen LogP contribution in [-0.4, -0.2) is 0 Å². The first-order valence-electron chi connectivity index (χ1n) is 8.36. The van der Waals surface area contributed by atoms with Gasteiger partial charge in [0.05, 0.1) is 9.79 Å². The molecule has 0 saturated heterocycles. The maximum absolute atomic E-state index is 2.40. The summed E-state index contributed by atoms with van der Waals surface area (Å²) in [7, 11) is -0.0212. The second-order valence-corrected chi connectivity index (χ2v) is 9.51. The third-order valence-electron chi connectivity index (χ3n) is 4.37. The lowest BCUT2D eigenvalue weighted by molar-refractivity contribution is 0.838. The van der Waals surface area contributed by atoms with Gasteiger partial charge in [-0.05, 0) is 48.7 Å². The van der Waals surface area contributed by atoms with Gasteiger partial charge in [-0.15, -0.1) is 0 Å². The fourth-order valence-electron chi connectivity index (χ4n) is 3.18. The van der Waals surface area contributed by atoms with Crippen LogP contribution in [0.3, 0.4) is 0 Å². The van der Waals surface area contributed by atoms with Gasteiger partial charge in [0.1, 0.15) is 10.9 Å². The lowest BCUT2D eigenvalue weighted by Crippen LogP contribution is -2.13. The summed E-state index contributed by atoms with van der Waals surface area (Å²) in [5.74, 6) is 0.530. The van der Waals surface area contributed by atoms with E-state index in [9.17, 15) is 0 Å². The molecule has 3 aromatic rings. The van der Waals surface area contributed by atoms with E-state index in [0.717, 1.165) is 0 Å². The minimum absolute atomic E-state index is 0.0212. The van der Waals surface area contributed by atoms with Crippen LogP contribution in [0.1, 0.15) is 30.9 Å². The van der Waals surface area contributed by atoms with E-state index in [2.05, 4.69) is 87.5 Å². The number of hydrogen-bond acceptors (Lipinski definition) is 1. The van der Waals surface area contributed by atoms with E-state index in [4.69, 9.17) is 0 Å². The Morgan fingerprint density at radius 1 is 0.750 bits per heavy atom. The lowest BCUT2D eigenvalue weighted by atomic mass is 10.0. The zero-order chi connectivity index (χ0) is 16.7. The second kappa shape index (κ2) is 6.34. The molecule has 0 aliphatic carbocycles. The van der Waals surface area contributed by atoms with Crippen molar-refractivity contribution in [3.8, 4) is 0 Å². The monoisotopic (exact) mass is 349 g/mol. The largest absolute Gasteiger partial charge is 0.180 e. The lowest BCUT2D eigenvalue weighted by Gasteiger charge is -2.21. The molecule has 0 radical (unpaired) electrons. The molecule has 0 N–H and O–H groups in total. The van der Waals surface area contributed by atoms with E-state index >= 15 is 0 Å². The maximum atomic E-state index is 2.40. The predicted molar refractivity (Wildman–Crippen MR) is 104 cm³/mol. The highest BCUT2D eigenvalue weighted by molar-refractivity contribution is 8.04. The highest BCUT2D eigenvalue weighted by atomic mass is 32.2. The maximum Gasteiger partial charge on any atom is 0.180 e. The molecule has 3 aromatic carbocycles. The van der Waals surface area contributed by atoms with Gasteiger partial charge in [-0.25, -0.2) is 0 Å². The minimum atomic E-state index is -0.0212. The van der Waals surface area contributed by atoms with Gasteiger partial charge < -0.3 is 0 Å². The van der Waals surface area contributed by atoms with Crippen molar-refractivity contribution in [2.24, 2.45) is 0 Å². The van der Waals surface area contributed by atoms with Crippen molar-refractivity contribution in [2.75, 3.05) is 0 Å². The highest BCUT2D eigenvalue weighted by Crippen LogP contribution is 2.49. The van der Waals surface area contributed by atoms with Crippen LogP contribution >= 0.6 is 11.8 Å². The Bertz CT molecular complexity index is 850. The van der Waals surface area contributed by atoms with Gasteiger partial charge in [0.15, 0.2) is 14.7 Å². The van der Waals surface area contributed by atoms with E-state index in [1.54, 1.807) is 0 Å². The van der Waals surface area contributed by atoms with Crippen LogP contribution < -0.4 is 0 Å². The van der Waals surface area contributed by atoms with Crippen molar-refractivity contribution in [1.29, 1.82) is 0 Å². The van der Waals surface area contributed by atoms with Gasteiger partial charge in [-0.1, -0.05) is 62.0 Å². The smallest absolute Gasteiger partial charge is 0.0795 e. The van der Waals surface area contributed by atoms with Crippen LogP contribution in [0.2, 0.25) is 0 Å². The van der Waals surface area contributed by atoms with Crippen LogP contribution in [0.4, 0.5) is 0 Å². The first-order valence-corrected chi connectivity index (χ1v) is 10.4. The van der Waals surface area contributed by atoms with Crippen LogP contribution in [0.25, 0.3) is 0 Å². The summed E-state index contributed by atoms with van der Waals surface area (Å²) in [6, 6.07) is 24.8. The summed E-state index contributed by atoms with van der Waals surface area (Å²) < 4.78 is 0. The van der Waals surface area contributed by atoms with Crippen LogP contribution in [-0.2, 0) is 10.9 Å². The molecular weight excluding hydrogens is 328 g/mol. The van der Waals surface area contributed by atoms with Gasteiger partial charge >= 0.3 is 0 Å². The summed E-state index contributed by atoms with van der Waals surface area (Å²) in [5, 5.41) is 0. The fourth-order valence-corrected chi connectivity index (χ4v) is 7.31. The van der Waals surface area contributed by atoms with Crippen molar-refractivity contribution >= 4 is 22.7 Å². The fraction of sp³-hybridized carbons (Fsp3) is 0.182. The van der Waals surface area contributed by atoms with E-state index in [0.29, 0.717) is 5.92 Å². The third-order valence-corrected chi connectivity index (χ3v) is 8.16. The Morgan fingerprint density at radius 3 is 1.92 bits per heavy atom. The summed E-state index contributed by atoms with van der Waals surface area (Å²) >= 11 is 1.91. The van der Waals surface area contributed by atoms with Crippen molar-refractivity contribution in [3.63, 3.8) is 0 Å². The van der Waals surface area contributed by atoms with E-state index in [1.165, 1.54) is 35.6 Å². The van der Waals surface area contributed by atoms with Gasteiger partial charge in [-0.3, -0.25) is 0 Å². The number of hydrogen-bond donors (Lipinski definition) is 0. The molecule has 1 aliphatic rings. The van der Waals surface area contributed by atoms with Crippen molar-refractivity contribution in [1.82, 2.24) is 0 Å². The molecule has 0 saturated carbocycles. The molecule has 4 rings (SSSR count). The summed E-state index contributed by atoms with van der Waals surface area (Å²) in [6.45, 7) is 6.80. The topological polar surface area (TPSA) is 0 Å². The highest BCUT2D eigenvalue weighted by Gasteiger charge is 2.39. The standard InChI is InChI=1S/C22H21S2/c1-15(2)17-13-12-16(3)14-22(17)24-20-10-6-4-8-18(20)23-19-9-5-7-11-21(19)24/h4-15H,1-3H3/q+1. The average molecular weight is 350 g/mol. The molecule has 2 heteroatoms. The zero-order valence-electron chi connectivity index (χ0n) is 14.2. The number of aryl methyl sites for hydroxylation is 1. The Labute approximate surface area is 151 Å². The Morgan fingerprint density at radius 2 is 1.33 bits per heavy atom. The molecule has 0 amide bonds. The number of rotatable bonds is 2. The molecule has 0 bridgehead atoms. The normalized spacial score (nSPS) is 13.7. The predicted octanol–water partition coefficient (Wildman–Crippen LogP) is 6.68. The molecule has 0 fully saturated rings. The van der Waals surface area contributed by atoms with Crippen molar-refractivity contribution in [2.45, 2.75) is 51.2 Å². The van der Waals surface area contributed by atoms with Gasteiger partial charge in [-0.2, -0.15) is 0 Å². The second-order valence-electron chi connectivity index (χ2n) is 6.50. The molecular formula is C22H21S2+. The molecule has 0 atom stereocenters. The van der Waals surface area contributed by atoms with Crippen molar-refractivity contribution in [3.05, 3.63) is 77.9 Å². The molecule has 1 aliphatic heterocycles. The van der Waals surface area contributed by atoms with Gasteiger partial charge in [0.2, 0.25) is 0 Å². The van der Waals surface area contributed by atoms with Crippen molar-refractivity contribution < 1.29 is 0 Å². The molecule has 0 aromatic heterocycles. The van der Waals surface area contributed by atoms with Gasteiger partial charge in [0, 0.05) is 5.56 Å². The first-order chi connectivity index (χ1) is 11.6. The molecule has 120 valence electrons. The molecule has 0 unspecified atom stereocenters. The van der Waals surface area contributed by atoms with E-state index < -0.39 is 0 Å². The number of benzene rings is 3. The summed E-state index contributed by atoms with van der Waals surface area (Å²) in [5.41, 5.74) is 2.82. The number of fused-ring (bicyclic) bond motifs is 2. The summed E-state index contributed by atoms with van der Waals surface area (Å²) in [4.78, 5) is 7.22. The molecule has 24 heavy (non-hydrogen) atoms. The zero-order valence-corrected chi connectivity index (χ0v) is 15.9. The van der Waals surface area contributed by atoms with Crippen LogP contribution in [0, 0.1) is 6.92 Å². The molecule has 0 nitrogen and oxygen atoms in total. The average Bonchev–Trinajstić information content (AvgIpc) is 2.59. The first kappa shape index (κ1) is 15.9. The summed E-state index contributed by atoms with van der Waals surface area (Å²) in [6.07, 6.45) is 0. The SMILES string of the molecule is Cc1ccc(C(C)C)c([S+]2c3ccccc3Sc3ccccc32)c1. The van der Waals surface area contributed by atoms with E-state index in [-0.39, 0.29) is 10.9 Å². The Hall–Kier alpha value is -1.64. The Kier molecular flexibility index (Phi) is 4.19. The minimum Gasteiger partial charge on any atom is -0.0795 e. The molecule has 0 spiro atoms. The van der Waals surface area contributed by atoms with Gasteiger partial charge in [0.25, 0.3) is 0 Å². The van der Waals surface area contributed by atoms with Crippen LogP contribution in [0.5, 0.6) is 0 Å². The third kappa shape index (κ3) is 2.68. The molecule has 1 heterocycles. The quantitative estimate of drug-likeness (QED) is 0.364. The van der Waals surface area contributed by atoms with Crippen LogP contribution in [0.15, 0.2) is 91.2 Å².